The summed E-state index contributed by atoms with van der Waals surface area (Å²) in [6, 6.07) is 17.1. The van der Waals surface area contributed by atoms with Crippen molar-refractivity contribution in [1.29, 1.82) is 0 Å². The number of nitrogens with one attached hydrogen (secondary N) is 2. The van der Waals surface area contributed by atoms with Crippen molar-refractivity contribution in [3.8, 4) is 17.2 Å². The number of thiocarbonyl (C=S) groups is 1. The van der Waals surface area contributed by atoms with Gasteiger partial charge in [0.25, 0.3) is 5.69 Å². The van der Waals surface area contributed by atoms with Crippen LogP contribution in [-0.2, 0) is 9.53 Å². The average Bonchev–Trinajstić information content (AvgIpc) is 3.51. The van der Waals surface area contributed by atoms with Gasteiger partial charge in [0, 0.05) is 30.4 Å². The minimum Gasteiger partial charge on any atom is -0.496 e. The van der Waals surface area contributed by atoms with Crippen molar-refractivity contribution in [2.75, 3.05) is 38.2 Å². The molecule has 0 unspecified atom stereocenters. The van der Waals surface area contributed by atoms with Crippen LogP contribution in [0.4, 0.5) is 17.1 Å². The first-order valence-corrected chi connectivity index (χ1v) is 14.1. The Labute approximate surface area is 259 Å². The SMILES string of the molecule is COCC(=O)Nc1cc(N2C(=S)N[C@@H](c3ccccn3)[C@H]2c2cc(C)n(-c3ccc(OC)cc3[N+](=O)[O-])c2C)ccc1OC. The molecule has 44 heavy (non-hydrogen) atoms. The number of hydrogen-bond acceptors (Lipinski definition) is 8. The van der Waals surface area contributed by atoms with Gasteiger partial charge in [-0.25, -0.2) is 0 Å². The predicted molar refractivity (Wildman–Crippen MR) is 170 cm³/mol. The molecule has 1 aliphatic rings. The molecule has 0 saturated carbocycles. The van der Waals surface area contributed by atoms with Crippen LogP contribution in [0.2, 0.25) is 0 Å². The van der Waals surface area contributed by atoms with E-state index >= 15 is 0 Å². The number of benzene rings is 2. The molecule has 1 aliphatic heterocycles. The number of ether oxygens (including phenoxy) is 3. The van der Waals surface area contributed by atoms with Gasteiger partial charge in [-0.3, -0.25) is 19.9 Å². The minimum atomic E-state index is -0.414. The monoisotopic (exact) mass is 616 g/mol. The number of carbonyl (C=O) groups is 1. The van der Waals surface area contributed by atoms with Gasteiger partial charge in [0.15, 0.2) is 5.11 Å². The Hall–Kier alpha value is -5.01. The molecule has 2 atom stereocenters. The van der Waals surface area contributed by atoms with Crippen LogP contribution in [0.5, 0.6) is 11.5 Å². The highest BCUT2D eigenvalue weighted by atomic mass is 32.1. The second-order valence-electron chi connectivity index (χ2n) is 10.1. The fourth-order valence-electron chi connectivity index (χ4n) is 5.63. The number of hydrogen-bond donors (Lipinski definition) is 2. The van der Waals surface area contributed by atoms with E-state index in [2.05, 4.69) is 15.6 Å². The number of methoxy groups -OCH3 is 3. The lowest BCUT2D eigenvalue weighted by Gasteiger charge is -2.29. The van der Waals surface area contributed by atoms with Gasteiger partial charge in [-0.2, -0.15) is 0 Å². The summed E-state index contributed by atoms with van der Waals surface area (Å²) in [4.78, 5) is 30.7. The van der Waals surface area contributed by atoms with Gasteiger partial charge < -0.3 is 34.3 Å². The molecule has 2 aromatic carbocycles. The Morgan fingerprint density at radius 3 is 2.55 bits per heavy atom. The van der Waals surface area contributed by atoms with E-state index in [0.717, 1.165) is 22.6 Å². The third-order valence-corrected chi connectivity index (χ3v) is 7.83. The molecule has 5 rings (SSSR count). The normalized spacial score (nSPS) is 16.0. The van der Waals surface area contributed by atoms with E-state index in [9.17, 15) is 14.9 Å². The molecule has 12 nitrogen and oxygen atoms in total. The lowest BCUT2D eigenvalue weighted by molar-refractivity contribution is -0.384. The van der Waals surface area contributed by atoms with Crippen molar-refractivity contribution in [2.45, 2.75) is 25.9 Å². The molecule has 13 heteroatoms. The summed E-state index contributed by atoms with van der Waals surface area (Å²) >= 11 is 5.91. The van der Waals surface area contributed by atoms with Crippen LogP contribution in [0.15, 0.2) is 66.9 Å². The summed E-state index contributed by atoms with van der Waals surface area (Å²) < 4.78 is 17.6. The summed E-state index contributed by atoms with van der Waals surface area (Å²) in [5, 5.41) is 18.8. The largest absolute Gasteiger partial charge is 0.496 e. The van der Waals surface area contributed by atoms with Crippen LogP contribution in [0.3, 0.4) is 0 Å². The Balaban J connectivity index is 1.68. The van der Waals surface area contributed by atoms with Crippen LogP contribution in [0.25, 0.3) is 5.69 Å². The lowest BCUT2D eigenvalue weighted by atomic mass is 9.96. The Bertz CT molecular complexity index is 1730. The number of rotatable bonds is 10. The van der Waals surface area contributed by atoms with Gasteiger partial charge >= 0.3 is 0 Å². The van der Waals surface area contributed by atoms with Crippen LogP contribution in [-0.4, -0.2) is 53.4 Å². The molecule has 2 aromatic heterocycles. The number of nitro groups is 1. The van der Waals surface area contributed by atoms with Crippen LogP contribution in [0.1, 0.15) is 34.7 Å². The maximum Gasteiger partial charge on any atom is 0.296 e. The Kier molecular flexibility index (Phi) is 8.78. The molecule has 2 N–H and O–H groups in total. The van der Waals surface area contributed by atoms with Crippen molar-refractivity contribution >= 4 is 40.3 Å². The molecular formula is C31H32N6O6S. The number of aryl methyl sites for hydroxylation is 1. The molecule has 0 aliphatic carbocycles. The van der Waals surface area contributed by atoms with Crippen molar-refractivity contribution in [1.82, 2.24) is 14.9 Å². The fourth-order valence-corrected chi connectivity index (χ4v) is 5.98. The van der Waals surface area contributed by atoms with Gasteiger partial charge in [0.1, 0.15) is 23.8 Å². The van der Waals surface area contributed by atoms with Crippen molar-refractivity contribution in [3.63, 3.8) is 0 Å². The number of aromatic nitrogens is 2. The van der Waals surface area contributed by atoms with Crippen LogP contribution in [0, 0.1) is 24.0 Å². The van der Waals surface area contributed by atoms with E-state index in [-0.39, 0.29) is 24.2 Å². The maximum atomic E-state index is 12.4. The Morgan fingerprint density at radius 1 is 1.09 bits per heavy atom. The first-order valence-electron chi connectivity index (χ1n) is 13.7. The van der Waals surface area contributed by atoms with Crippen molar-refractivity contribution in [3.05, 3.63) is 99.6 Å². The van der Waals surface area contributed by atoms with Gasteiger partial charge in [0.05, 0.1) is 48.7 Å². The molecule has 1 fully saturated rings. The van der Waals surface area contributed by atoms with Crippen molar-refractivity contribution < 1.29 is 23.9 Å². The molecular weight excluding hydrogens is 584 g/mol. The van der Waals surface area contributed by atoms with Crippen LogP contribution >= 0.6 is 12.2 Å². The second-order valence-corrected chi connectivity index (χ2v) is 10.5. The Morgan fingerprint density at radius 2 is 1.89 bits per heavy atom. The summed E-state index contributed by atoms with van der Waals surface area (Å²) in [5.41, 5.74) is 4.72. The highest BCUT2D eigenvalue weighted by molar-refractivity contribution is 7.80. The third kappa shape index (κ3) is 5.66. The molecule has 3 heterocycles. The molecule has 1 saturated heterocycles. The molecule has 4 aromatic rings. The maximum absolute atomic E-state index is 12.4. The van der Waals surface area contributed by atoms with E-state index in [1.165, 1.54) is 27.4 Å². The zero-order valence-electron chi connectivity index (χ0n) is 24.9. The number of carbonyl (C=O) groups excluding carboxylic acids is 1. The smallest absolute Gasteiger partial charge is 0.296 e. The zero-order valence-corrected chi connectivity index (χ0v) is 25.7. The molecule has 0 spiro atoms. The molecule has 0 bridgehead atoms. The predicted octanol–water partition coefficient (Wildman–Crippen LogP) is 5.18. The van der Waals surface area contributed by atoms with Gasteiger partial charge in [-0.05, 0) is 80.2 Å². The number of pyridine rings is 1. The summed E-state index contributed by atoms with van der Waals surface area (Å²) in [6.45, 7) is 3.71. The zero-order chi connectivity index (χ0) is 31.5. The highest BCUT2D eigenvalue weighted by Crippen LogP contribution is 2.45. The van der Waals surface area contributed by atoms with E-state index in [1.807, 2.05) is 53.6 Å². The summed E-state index contributed by atoms with van der Waals surface area (Å²) in [5.74, 6) is 0.527. The highest BCUT2D eigenvalue weighted by Gasteiger charge is 2.42. The average molecular weight is 617 g/mol. The first-order chi connectivity index (χ1) is 21.2. The van der Waals surface area contributed by atoms with Crippen molar-refractivity contribution in [2.24, 2.45) is 0 Å². The quantitative estimate of drug-likeness (QED) is 0.140. The van der Waals surface area contributed by atoms with Gasteiger partial charge in [0.2, 0.25) is 5.91 Å². The topological polar surface area (TPSA) is 133 Å². The fraction of sp³-hybridized carbons (Fsp3) is 0.258. The molecule has 0 radical (unpaired) electrons. The number of nitro benzene ring substituents is 1. The molecule has 1 amide bonds. The van der Waals surface area contributed by atoms with Gasteiger partial charge in [-0.1, -0.05) is 6.07 Å². The van der Waals surface area contributed by atoms with E-state index < -0.39 is 11.0 Å². The van der Waals surface area contributed by atoms with E-state index in [0.29, 0.717) is 33.7 Å². The van der Waals surface area contributed by atoms with E-state index in [1.54, 1.807) is 30.5 Å². The number of amides is 1. The van der Waals surface area contributed by atoms with E-state index in [4.69, 9.17) is 26.4 Å². The lowest BCUT2D eigenvalue weighted by Crippen LogP contribution is -2.29. The molecule has 228 valence electrons. The number of nitrogens with zero attached hydrogens (tertiary/aromatic N) is 4. The summed E-state index contributed by atoms with van der Waals surface area (Å²) in [7, 11) is 4.44. The number of anilines is 2. The first kappa shape index (κ1) is 30.4. The minimum absolute atomic E-state index is 0.0810. The third-order valence-electron chi connectivity index (χ3n) is 7.52. The van der Waals surface area contributed by atoms with Crippen LogP contribution < -0.4 is 25.0 Å². The second kappa shape index (κ2) is 12.7. The standard InChI is InChI=1S/C31H32N6O6S/c1-18-14-22(19(2)35(18)25-11-10-21(42-4)16-26(25)37(39)40)30-29(23-8-6-7-13-32-23)34-31(44)36(30)20-9-12-27(43-5)24(15-20)33-28(38)17-41-3/h6-16,29-30H,17H2,1-5H3,(H,33,38)(H,34,44)/t29-,30+/m0/s1. The van der Waals surface area contributed by atoms with Gasteiger partial charge in [-0.15, -0.1) is 0 Å². The summed E-state index contributed by atoms with van der Waals surface area (Å²) in [6.07, 6.45) is 1.72.